The Morgan fingerprint density at radius 2 is 1.97 bits per heavy atom. The van der Waals surface area contributed by atoms with Gasteiger partial charge in [0.1, 0.15) is 11.4 Å². The summed E-state index contributed by atoms with van der Waals surface area (Å²) in [6.07, 6.45) is 5.10. The fourth-order valence-electron chi connectivity index (χ4n) is 5.34. The van der Waals surface area contributed by atoms with Gasteiger partial charge in [0.05, 0.1) is 12.1 Å². The topological polar surface area (TPSA) is 77.3 Å². The number of aromatic nitrogens is 1. The average Bonchev–Trinajstić information content (AvgIpc) is 3.12. The molecule has 2 aromatic carbocycles. The molecule has 1 aliphatic carbocycles. The second-order valence-corrected chi connectivity index (χ2v) is 8.84. The zero-order chi connectivity index (χ0) is 22.6. The summed E-state index contributed by atoms with van der Waals surface area (Å²) in [5, 5.41) is 1.53. The van der Waals surface area contributed by atoms with E-state index in [-0.39, 0.29) is 0 Å². The highest BCUT2D eigenvalue weighted by Crippen LogP contribution is 2.56. The van der Waals surface area contributed by atoms with Crippen LogP contribution in [-0.4, -0.2) is 23.1 Å². The largest absolute Gasteiger partial charge is 0.482 e. The van der Waals surface area contributed by atoms with Crippen LogP contribution in [-0.2, 0) is 22.6 Å². The monoisotopic (exact) mass is 437 g/mol. The standard InChI is InChI=1S/C26H23N5O2/c1-28-19-7-3-6-17(14-19)18-10-11-23-21(15-18)26(30-24(27)31(2)33-26)16-25(32-23)12-4-9-22-20(25)8-5-13-29-22/h3,5-8,10-11,13-15H,4,9,12,16H2,2H3,(H2,27,30). The summed E-state index contributed by atoms with van der Waals surface area (Å²) < 4.78 is 6.78. The molecular formula is C26H23N5O2. The zero-order valence-electron chi connectivity index (χ0n) is 18.3. The lowest BCUT2D eigenvalue weighted by molar-refractivity contribution is -0.207. The highest BCUT2D eigenvalue weighted by molar-refractivity contribution is 5.79. The maximum atomic E-state index is 7.34. The Morgan fingerprint density at radius 3 is 2.79 bits per heavy atom. The summed E-state index contributed by atoms with van der Waals surface area (Å²) in [5.74, 6) is 1.07. The van der Waals surface area contributed by atoms with Crippen molar-refractivity contribution < 1.29 is 9.57 Å². The van der Waals surface area contributed by atoms with Crippen LogP contribution < -0.4 is 10.5 Å². The molecule has 2 N–H and O–H groups in total. The van der Waals surface area contributed by atoms with Crippen LogP contribution in [0.4, 0.5) is 5.69 Å². The third kappa shape index (κ3) is 2.99. The number of rotatable bonds is 1. The lowest BCUT2D eigenvalue weighted by atomic mass is 9.73. The first-order chi connectivity index (χ1) is 16.0. The Hall–Kier alpha value is -3.89. The van der Waals surface area contributed by atoms with Crippen molar-refractivity contribution in [2.24, 2.45) is 10.7 Å². The number of aryl methyl sites for hydroxylation is 1. The molecule has 0 radical (unpaired) electrons. The van der Waals surface area contributed by atoms with Gasteiger partial charge in [-0.15, -0.1) is 0 Å². The van der Waals surface area contributed by atoms with Gasteiger partial charge >= 0.3 is 0 Å². The van der Waals surface area contributed by atoms with E-state index < -0.39 is 11.3 Å². The quantitative estimate of drug-likeness (QED) is 0.561. The van der Waals surface area contributed by atoms with Gasteiger partial charge in [-0.1, -0.05) is 30.3 Å². The molecule has 7 nitrogen and oxygen atoms in total. The Bertz CT molecular complexity index is 1350. The molecular weight excluding hydrogens is 414 g/mol. The molecule has 0 fully saturated rings. The van der Waals surface area contributed by atoms with Gasteiger partial charge in [-0.05, 0) is 54.7 Å². The summed E-state index contributed by atoms with van der Waals surface area (Å²) in [5.41, 5.74) is 10.1. The molecule has 1 aromatic heterocycles. The SMILES string of the molecule is [C-]#[N+]c1cccc(-c2ccc3c(c2)C2(CC4(CCCc5ncccc54)O3)N=C(N)N(C)O2)c1. The zero-order valence-corrected chi connectivity index (χ0v) is 18.3. The van der Waals surface area contributed by atoms with E-state index in [2.05, 4.69) is 15.9 Å². The Morgan fingerprint density at radius 1 is 1.09 bits per heavy atom. The average molecular weight is 438 g/mol. The Balaban J connectivity index is 1.53. The predicted molar refractivity (Wildman–Crippen MR) is 124 cm³/mol. The number of hydrogen-bond donors (Lipinski definition) is 1. The normalized spacial score (nSPS) is 25.2. The number of aliphatic imine (C=N–C) groups is 1. The van der Waals surface area contributed by atoms with Gasteiger partial charge < -0.3 is 10.5 Å². The van der Waals surface area contributed by atoms with Crippen molar-refractivity contribution in [3.8, 4) is 16.9 Å². The van der Waals surface area contributed by atoms with Crippen molar-refractivity contribution in [1.82, 2.24) is 10.0 Å². The van der Waals surface area contributed by atoms with Crippen LogP contribution in [0.5, 0.6) is 5.75 Å². The van der Waals surface area contributed by atoms with E-state index >= 15 is 0 Å². The lowest BCUT2D eigenvalue weighted by Gasteiger charge is -2.47. The fourth-order valence-corrected chi connectivity index (χ4v) is 5.34. The van der Waals surface area contributed by atoms with E-state index in [0.717, 1.165) is 53.0 Å². The third-order valence-corrected chi connectivity index (χ3v) is 6.82. The van der Waals surface area contributed by atoms with Crippen LogP contribution in [0.1, 0.15) is 36.1 Å². The second-order valence-electron chi connectivity index (χ2n) is 8.84. The Labute approximate surface area is 192 Å². The minimum absolute atomic E-state index is 0.334. The van der Waals surface area contributed by atoms with E-state index in [0.29, 0.717) is 18.1 Å². The first-order valence-electron chi connectivity index (χ1n) is 11.1. The molecule has 0 saturated carbocycles. The van der Waals surface area contributed by atoms with Crippen LogP contribution in [0.2, 0.25) is 0 Å². The highest BCUT2D eigenvalue weighted by atomic mass is 16.7. The maximum absolute atomic E-state index is 7.34. The van der Waals surface area contributed by atoms with Crippen molar-refractivity contribution in [2.75, 3.05) is 7.05 Å². The van der Waals surface area contributed by atoms with Gasteiger partial charge in [0.25, 0.3) is 0 Å². The van der Waals surface area contributed by atoms with Crippen LogP contribution in [0.15, 0.2) is 65.8 Å². The van der Waals surface area contributed by atoms with Crippen molar-refractivity contribution >= 4 is 11.6 Å². The number of nitrogens with two attached hydrogens (primary N) is 1. The van der Waals surface area contributed by atoms with E-state index in [1.54, 1.807) is 13.1 Å². The van der Waals surface area contributed by atoms with Gasteiger partial charge in [-0.3, -0.25) is 4.98 Å². The molecule has 7 heteroatoms. The number of guanidine groups is 1. The fraction of sp³-hybridized carbons (Fsp3) is 0.269. The highest BCUT2D eigenvalue weighted by Gasteiger charge is 2.56. The lowest BCUT2D eigenvalue weighted by Crippen LogP contribution is -2.48. The Kier molecular flexibility index (Phi) is 4.23. The van der Waals surface area contributed by atoms with Crippen molar-refractivity contribution in [3.05, 3.63) is 89.0 Å². The molecule has 2 aliphatic heterocycles. The van der Waals surface area contributed by atoms with Gasteiger partial charge in [-0.25, -0.2) is 19.7 Å². The number of hydrogen-bond acceptors (Lipinski definition) is 6. The molecule has 3 aromatic rings. The van der Waals surface area contributed by atoms with Crippen LogP contribution in [0.25, 0.3) is 16.0 Å². The molecule has 164 valence electrons. The molecule has 0 saturated heterocycles. The van der Waals surface area contributed by atoms with Gasteiger partial charge in [-0.2, -0.15) is 0 Å². The minimum atomic E-state index is -0.996. The maximum Gasteiger partial charge on any atom is 0.222 e. The summed E-state index contributed by atoms with van der Waals surface area (Å²) in [6.45, 7) is 7.34. The number of ether oxygens (including phenoxy) is 1. The number of fused-ring (bicyclic) bond motifs is 4. The molecule has 0 bridgehead atoms. The molecule has 3 heterocycles. The van der Waals surface area contributed by atoms with E-state index in [4.69, 9.17) is 26.9 Å². The van der Waals surface area contributed by atoms with E-state index in [1.807, 2.05) is 48.7 Å². The molecule has 6 rings (SSSR count). The number of benzene rings is 2. The summed E-state index contributed by atoms with van der Waals surface area (Å²) in [4.78, 5) is 19.4. The smallest absolute Gasteiger partial charge is 0.222 e. The molecule has 2 spiro atoms. The summed E-state index contributed by atoms with van der Waals surface area (Å²) in [7, 11) is 1.77. The first-order valence-corrected chi connectivity index (χ1v) is 11.1. The van der Waals surface area contributed by atoms with E-state index in [1.165, 1.54) is 5.06 Å². The second kappa shape index (κ2) is 7.06. The van der Waals surface area contributed by atoms with Crippen molar-refractivity contribution in [1.29, 1.82) is 0 Å². The minimum Gasteiger partial charge on any atom is -0.482 e. The van der Waals surface area contributed by atoms with Gasteiger partial charge in [0.15, 0.2) is 5.69 Å². The summed E-state index contributed by atoms with van der Waals surface area (Å²) in [6, 6.07) is 17.7. The molecule has 0 amide bonds. The number of pyridine rings is 1. The van der Waals surface area contributed by atoms with Crippen molar-refractivity contribution in [3.63, 3.8) is 0 Å². The molecule has 33 heavy (non-hydrogen) atoms. The molecule has 3 aliphatic rings. The molecule has 2 atom stereocenters. The van der Waals surface area contributed by atoms with Gasteiger partial charge in [0.2, 0.25) is 11.7 Å². The van der Waals surface area contributed by atoms with E-state index in [9.17, 15) is 0 Å². The third-order valence-electron chi connectivity index (χ3n) is 6.82. The number of nitrogens with zero attached hydrogens (tertiary/aromatic N) is 4. The van der Waals surface area contributed by atoms with Gasteiger partial charge in [0, 0.05) is 30.9 Å². The molecule has 2 unspecified atom stereocenters. The summed E-state index contributed by atoms with van der Waals surface area (Å²) >= 11 is 0. The van der Waals surface area contributed by atoms with Crippen LogP contribution in [0, 0.1) is 6.57 Å². The predicted octanol–water partition coefficient (Wildman–Crippen LogP) is 4.66. The van der Waals surface area contributed by atoms with Crippen LogP contribution >= 0.6 is 0 Å². The van der Waals surface area contributed by atoms with Crippen molar-refractivity contribution in [2.45, 2.75) is 37.0 Å². The van der Waals surface area contributed by atoms with Crippen LogP contribution in [0.3, 0.4) is 0 Å². The number of hydroxylamine groups is 2. The first kappa shape index (κ1) is 19.8.